The van der Waals surface area contributed by atoms with Crippen LogP contribution in [-0.4, -0.2) is 33.8 Å². The highest BCUT2D eigenvalue weighted by Crippen LogP contribution is 2.23. The van der Waals surface area contributed by atoms with Crippen molar-refractivity contribution in [1.82, 2.24) is 14.9 Å². The molecule has 0 bridgehead atoms. The Labute approximate surface area is 163 Å². The lowest BCUT2D eigenvalue weighted by molar-refractivity contribution is -0.114. The van der Waals surface area contributed by atoms with Crippen LogP contribution in [0.4, 0.5) is 11.4 Å². The lowest BCUT2D eigenvalue weighted by atomic mass is 10.1. The monoisotopic (exact) mass is 381 g/mol. The van der Waals surface area contributed by atoms with Gasteiger partial charge >= 0.3 is 0 Å². The van der Waals surface area contributed by atoms with Gasteiger partial charge in [-0.25, -0.2) is 4.98 Å². The summed E-state index contributed by atoms with van der Waals surface area (Å²) < 4.78 is 1.82. The number of rotatable bonds is 6. The number of aromatic nitrogens is 2. The third kappa shape index (κ3) is 4.28. The predicted octanol–water partition coefficient (Wildman–Crippen LogP) is 2.35. The molecule has 146 valence electrons. The molecule has 8 heteroatoms. The Hall–Kier alpha value is -3.42. The quantitative estimate of drug-likeness (QED) is 0.668. The molecule has 0 unspecified atom stereocenters. The van der Waals surface area contributed by atoms with Gasteiger partial charge in [-0.15, -0.1) is 6.58 Å². The average molecular weight is 381 g/mol. The van der Waals surface area contributed by atoms with E-state index < -0.39 is 0 Å². The van der Waals surface area contributed by atoms with Gasteiger partial charge in [0, 0.05) is 31.4 Å². The van der Waals surface area contributed by atoms with Crippen molar-refractivity contribution in [3.8, 4) is 0 Å². The SMILES string of the molecule is C=CCNC(=O)c1nc(C(=O)Nc2cccc(NC(C)=O)c2)c2n1CCCC2. The first-order valence-electron chi connectivity index (χ1n) is 9.17. The Morgan fingerprint density at radius 1 is 1.18 bits per heavy atom. The molecule has 0 fully saturated rings. The van der Waals surface area contributed by atoms with E-state index in [9.17, 15) is 14.4 Å². The molecule has 2 aromatic rings. The van der Waals surface area contributed by atoms with Crippen LogP contribution in [0.2, 0.25) is 0 Å². The van der Waals surface area contributed by atoms with E-state index in [-0.39, 0.29) is 29.2 Å². The summed E-state index contributed by atoms with van der Waals surface area (Å²) in [4.78, 5) is 40.8. The minimum atomic E-state index is -0.381. The number of carbonyl (C=O) groups excluding carboxylic acids is 3. The van der Waals surface area contributed by atoms with Crippen molar-refractivity contribution < 1.29 is 14.4 Å². The van der Waals surface area contributed by atoms with E-state index in [0.717, 1.165) is 18.5 Å². The summed E-state index contributed by atoms with van der Waals surface area (Å²) >= 11 is 0. The average Bonchev–Trinajstić information content (AvgIpc) is 3.06. The Balaban J connectivity index is 1.85. The lowest BCUT2D eigenvalue weighted by Gasteiger charge is -2.17. The highest BCUT2D eigenvalue weighted by atomic mass is 16.2. The van der Waals surface area contributed by atoms with Gasteiger partial charge in [0.15, 0.2) is 11.5 Å². The molecule has 0 atom stereocenters. The van der Waals surface area contributed by atoms with Crippen LogP contribution in [0.3, 0.4) is 0 Å². The molecule has 0 saturated heterocycles. The molecule has 0 aliphatic carbocycles. The van der Waals surface area contributed by atoms with Gasteiger partial charge in [-0.05, 0) is 37.5 Å². The van der Waals surface area contributed by atoms with E-state index in [1.54, 1.807) is 30.3 Å². The smallest absolute Gasteiger partial charge is 0.287 e. The van der Waals surface area contributed by atoms with Gasteiger partial charge < -0.3 is 20.5 Å². The molecular weight excluding hydrogens is 358 g/mol. The van der Waals surface area contributed by atoms with Crippen molar-refractivity contribution in [1.29, 1.82) is 0 Å². The number of hydrogen-bond donors (Lipinski definition) is 3. The lowest BCUT2D eigenvalue weighted by Crippen LogP contribution is -2.28. The fraction of sp³-hybridized carbons (Fsp3) is 0.300. The maximum atomic E-state index is 12.8. The van der Waals surface area contributed by atoms with E-state index in [2.05, 4.69) is 27.5 Å². The van der Waals surface area contributed by atoms with Crippen molar-refractivity contribution in [2.24, 2.45) is 0 Å². The fourth-order valence-electron chi connectivity index (χ4n) is 3.21. The second kappa shape index (κ2) is 8.51. The Kier molecular flexibility index (Phi) is 5.88. The molecule has 0 saturated carbocycles. The second-order valence-corrected chi connectivity index (χ2v) is 6.55. The van der Waals surface area contributed by atoms with E-state index >= 15 is 0 Å². The van der Waals surface area contributed by atoms with Crippen LogP contribution in [0.5, 0.6) is 0 Å². The third-order valence-electron chi connectivity index (χ3n) is 4.38. The van der Waals surface area contributed by atoms with Crippen molar-refractivity contribution >= 4 is 29.1 Å². The number of anilines is 2. The standard InChI is InChI=1S/C20H23N5O3/c1-3-10-21-20(28)18-24-17(16-9-4-5-11-25(16)18)19(27)23-15-8-6-7-14(12-15)22-13(2)26/h3,6-8,12H,1,4-5,9-11H2,2H3,(H,21,28)(H,22,26)(H,23,27). The first-order valence-corrected chi connectivity index (χ1v) is 9.17. The van der Waals surface area contributed by atoms with Gasteiger partial charge in [0.05, 0.1) is 5.69 Å². The van der Waals surface area contributed by atoms with E-state index in [1.807, 2.05) is 4.57 Å². The highest BCUT2D eigenvalue weighted by Gasteiger charge is 2.27. The van der Waals surface area contributed by atoms with Gasteiger partial charge in [0.1, 0.15) is 0 Å². The number of benzene rings is 1. The molecule has 2 heterocycles. The van der Waals surface area contributed by atoms with Gasteiger partial charge in [0.2, 0.25) is 5.91 Å². The van der Waals surface area contributed by atoms with Crippen molar-refractivity contribution in [2.75, 3.05) is 17.2 Å². The number of nitrogens with one attached hydrogen (secondary N) is 3. The summed E-state index contributed by atoms with van der Waals surface area (Å²) in [5, 5.41) is 8.19. The molecule has 8 nitrogen and oxygen atoms in total. The normalized spacial score (nSPS) is 12.6. The molecule has 1 aliphatic heterocycles. The molecule has 1 aliphatic rings. The zero-order valence-corrected chi connectivity index (χ0v) is 15.7. The molecule has 1 aromatic heterocycles. The Bertz CT molecular complexity index is 932. The van der Waals surface area contributed by atoms with Gasteiger partial charge in [-0.2, -0.15) is 0 Å². The minimum Gasteiger partial charge on any atom is -0.346 e. The summed E-state index contributed by atoms with van der Waals surface area (Å²) in [5.74, 6) is -0.654. The maximum Gasteiger partial charge on any atom is 0.287 e. The maximum absolute atomic E-state index is 12.8. The van der Waals surface area contributed by atoms with Crippen LogP contribution in [-0.2, 0) is 17.8 Å². The largest absolute Gasteiger partial charge is 0.346 e. The van der Waals surface area contributed by atoms with Crippen LogP contribution < -0.4 is 16.0 Å². The third-order valence-corrected chi connectivity index (χ3v) is 4.38. The number of imidazole rings is 1. The predicted molar refractivity (Wildman–Crippen MR) is 106 cm³/mol. The Morgan fingerprint density at radius 2 is 1.93 bits per heavy atom. The topological polar surface area (TPSA) is 105 Å². The summed E-state index contributed by atoms with van der Waals surface area (Å²) in [6, 6.07) is 6.86. The zero-order valence-electron chi connectivity index (χ0n) is 15.7. The molecule has 0 spiro atoms. The van der Waals surface area contributed by atoms with Crippen LogP contribution in [0, 0.1) is 0 Å². The number of carbonyl (C=O) groups is 3. The van der Waals surface area contributed by atoms with Crippen molar-refractivity contribution in [2.45, 2.75) is 32.7 Å². The van der Waals surface area contributed by atoms with Crippen LogP contribution in [0.15, 0.2) is 36.9 Å². The summed E-state index contributed by atoms with van der Waals surface area (Å²) in [6.07, 6.45) is 4.16. The van der Waals surface area contributed by atoms with Crippen molar-refractivity contribution in [3.05, 3.63) is 54.1 Å². The van der Waals surface area contributed by atoms with Crippen LogP contribution in [0.25, 0.3) is 0 Å². The van der Waals surface area contributed by atoms with Crippen molar-refractivity contribution in [3.63, 3.8) is 0 Å². The van der Waals surface area contributed by atoms with E-state index in [1.165, 1.54) is 6.92 Å². The van der Waals surface area contributed by atoms with Crippen LogP contribution in [0.1, 0.15) is 46.6 Å². The number of fused-ring (bicyclic) bond motifs is 1. The molecule has 3 amide bonds. The molecule has 1 aromatic carbocycles. The molecule has 0 radical (unpaired) electrons. The van der Waals surface area contributed by atoms with Crippen LogP contribution >= 0.6 is 0 Å². The summed E-state index contributed by atoms with van der Waals surface area (Å²) in [5.41, 5.74) is 2.15. The van der Waals surface area contributed by atoms with Gasteiger partial charge in [0.25, 0.3) is 11.8 Å². The highest BCUT2D eigenvalue weighted by molar-refractivity contribution is 6.05. The first-order chi connectivity index (χ1) is 13.5. The minimum absolute atomic E-state index is 0.193. The molecule has 3 N–H and O–H groups in total. The number of hydrogen-bond acceptors (Lipinski definition) is 4. The fourth-order valence-corrected chi connectivity index (χ4v) is 3.21. The number of amides is 3. The Morgan fingerprint density at radius 3 is 2.64 bits per heavy atom. The molecule has 28 heavy (non-hydrogen) atoms. The molecular formula is C20H23N5O3. The second-order valence-electron chi connectivity index (χ2n) is 6.55. The summed E-state index contributed by atoms with van der Waals surface area (Å²) in [7, 11) is 0. The first kappa shape index (κ1) is 19.3. The van der Waals surface area contributed by atoms with E-state index in [0.29, 0.717) is 30.9 Å². The van der Waals surface area contributed by atoms with E-state index in [4.69, 9.17) is 0 Å². The van der Waals surface area contributed by atoms with Gasteiger partial charge in [-0.3, -0.25) is 14.4 Å². The number of nitrogens with zero attached hydrogens (tertiary/aromatic N) is 2. The molecule has 3 rings (SSSR count). The van der Waals surface area contributed by atoms with Gasteiger partial charge in [-0.1, -0.05) is 12.1 Å². The zero-order chi connectivity index (χ0) is 20.1. The summed E-state index contributed by atoms with van der Waals surface area (Å²) in [6.45, 7) is 5.99.